The fraction of sp³-hybridized carbons (Fsp3) is 0.778. The Bertz CT molecular complexity index is 1870. The van der Waals surface area contributed by atoms with Gasteiger partial charge in [0, 0.05) is 6.42 Å². The van der Waals surface area contributed by atoms with Crippen molar-refractivity contribution in [2.75, 3.05) is 13.2 Å². The highest BCUT2D eigenvalue weighted by atomic mass is 16.7. The zero-order valence-corrected chi connectivity index (χ0v) is 59.4. The van der Waals surface area contributed by atoms with Gasteiger partial charge in [-0.05, 0) is 103 Å². The maximum absolute atomic E-state index is 13.5. The van der Waals surface area contributed by atoms with Gasteiger partial charge in [-0.2, -0.15) is 0 Å². The number of nitrogens with one attached hydrogen (secondary N) is 1. The molecule has 1 heterocycles. The zero-order valence-electron chi connectivity index (χ0n) is 59.4. The third-order valence-corrected chi connectivity index (χ3v) is 17.7. The predicted molar refractivity (Wildman–Crippen MR) is 389 cm³/mol. The van der Waals surface area contributed by atoms with Gasteiger partial charge < -0.3 is 45.1 Å². The normalized spacial score (nSPS) is 18.5. The number of ether oxygens (including phenoxy) is 3. The second kappa shape index (κ2) is 67.6. The Kier molecular flexibility index (Phi) is 63.6. The fourth-order valence-electron chi connectivity index (χ4n) is 11.7. The standard InChI is InChI=1S/C81H143NO10/c1-4-7-10-13-16-19-22-25-27-29-31-33-35-37-39-40-42-44-46-48-50-53-56-59-62-65-68-74(85)80(89)82-72(73(84)67-64-61-58-55-52-24-21-18-15-12-9-6-3)71-90-81-79(78(88)77(87)75(70-83)91-81)92-76(86)69-66-63-60-57-54-51-49-47-45-43-41-38-36-34-32-30-28-26-23-20-17-14-11-8-5-2/h8,11,16-17,19-20,25-28,32,34,38,41,64,67,72-75,77-79,81,83-85,87-88H,4-7,9-10,12-15,18,21-24,29-31,33,35-37,39-40,42-63,65-66,68-71H2,1-3H3,(H,82,89)/b11-8-,19-16-,20-17-,27-25-,28-26-,34-32-,41-38-,67-64+. The Morgan fingerprint density at radius 2 is 0.783 bits per heavy atom. The first-order valence-corrected chi connectivity index (χ1v) is 38.5. The number of carbonyl (C=O) groups is 2. The van der Waals surface area contributed by atoms with Gasteiger partial charge in [0.25, 0.3) is 0 Å². The van der Waals surface area contributed by atoms with Crippen molar-refractivity contribution in [3.63, 3.8) is 0 Å². The molecule has 8 unspecified atom stereocenters. The molecular weight excluding hydrogens is 1150 g/mol. The molecule has 0 aromatic heterocycles. The molecule has 0 aromatic rings. The van der Waals surface area contributed by atoms with Crippen molar-refractivity contribution in [2.45, 2.75) is 391 Å². The van der Waals surface area contributed by atoms with E-state index in [9.17, 15) is 35.1 Å². The first-order chi connectivity index (χ1) is 45.2. The van der Waals surface area contributed by atoms with Crippen molar-refractivity contribution in [3.8, 4) is 0 Å². The smallest absolute Gasteiger partial charge is 0.306 e. The molecule has 0 saturated carbocycles. The van der Waals surface area contributed by atoms with Crippen molar-refractivity contribution in [3.05, 3.63) is 97.2 Å². The van der Waals surface area contributed by atoms with Gasteiger partial charge in [-0.15, -0.1) is 0 Å². The minimum atomic E-state index is -1.62. The molecule has 6 N–H and O–H groups in total. The molecule has 0 spiro atoms. The lowest BCUT2D eigenvalue weighted by Crippen LogP contribution is -2.61. The zero-order chi connectivity index (χ0) is 66.7. The van der Waals surface area contributed by atoms with E-state index in [1.54, 1.807) is 6.08 Å². The van der Waals surface area contributed by atoms with Crippen LogP contribution < -0.4 is 5.32 Å². The molecule has 11 heteroatoms. The van der Waals surface area contributed by atoms with Crippen LogP contribution in [-0.4, -0.2) is 99.6 Å². The molecule has 1 rings (SSSR count). The highest BCUT2D eigenvalue weighted by Crippen LogP contribution is 2.26. The summed E-state index contributed by atoms with van der Waals surface area (Å²) in [6, 6.07) is -1.03. The fourth-order valence-corrected chi connectivity index (χ4v) is 11.7. The number of unbranched alkanes of at least 4 members (excludes halogenated alkanes) is 38. The quantitative estimate of drug-likeness (QED) is 0.0195. The second-order valence-corrected chi connectivity index (χ2v) is 26.4. The summed E-state index contributed by atoms with van der Waals surface area (Å²) >= 11 is 0. The average Bonchev–Trinajstić information content (AvgIpc) is 0.875. The van der Waals surface area contributed by atoms with E-state index in [0.29, 0.717) is 12.8 Å². The largest absolute Gasteiger partial charge is 0.454 e. The number of esters is 1. The van der Waals surface area contributed by atoms with Crippen LogP contribution in [0.2, 0.25) is 0 Å². The summed E-state index contributed by atoms with van der Waals surface area (Å²) in [5, 5.41) is 57.4. The average molecular weight is 1290 g/mol. The van der Waals surface area contributed by atoms with Gasteiger partial charge in [0.1, 0.15) is 24.4 Å². The maximum atomic E-state index is 13.5. The first-order valence-electron chi connectivity index (χ1n) is 38.5. The van der Waals surface area contributed by atoms with E-state index < -0.39 is 67.4 Å². The van der Waals surface area contributed by atoms with Crippen molar-refractivity contribution < 1.29 is 49.3 Å². The predicted octanol–water partition coefficient (Wildman–Crippen LogP) is 20.6. The van der Waals surface area contributed by atoms with Crippen LogP contribution in [0.5, 0.6) is 0 Å². The minimum absolute atomic E-state index is 0.113. The van der Waals surface area contributed by atoms with Gasteiger partial charge in [0.15, 0.2) is 12.4 Å². The molecule has 0 bridgehead atoms. The number of aliphatic hydroxyl groups excluding tert-OH is 5. The molecule has 1 aliphatic rings. The van der Waals surface area contributed by atoms with Crippen LogP contribution in [0.3, 0.4) is 0 Å². The summed E-state index contributed by atoms with van der Waals surface area (Å²) in [5.74, 6) is -1.19. The van der Waals surface area contributed by atoms with E-state index in [0.717, 1.165) is 109 Å². The third kappa shape index (κ3) is 53.8. The van der Waals surface area contributed by atoms with Gasteiger partial charge in [0.05, 0.1) is 25.4 Å². The number of aliphatic hydroxyl groups is 5. The van der Waals surface area contributed by atoms with Crippen LogP contribution in [0.1, 0.15) is 342 Å². The number of carbonyl (C=O) groups excluding carboxylic acids is 2. The molecule has 532 valence electrons. The van der Waals surface area contributed by atoms with E-state index >= 15 is 0 Å². The van der Waals surface area contributed by atoms with Crippen LogP contribution in [0.4, 0.5) is 0 Å². The monoisotopic (exact) mass is 1290 g/mol. The van der Waals surface area contributed by atoms with Crippen molar-refractivity contribution in [1.29, 1.82) is 0 Å². The van der Waals surface area contributed by atoms with E-state index in [-0.39, 0.29) is 19.4 Å². The van der Waals surface area contributed by atoms with Crippen LogP contribution >= 0.6 is 0 Å². The number of allylic oxidation sites excluding steroid dienone is 15. The van der Waals surface area contributed by atoms with E-state index in [4.69, 9.17) is 14.2 Å². The molecule has 1 aliphatic heterocycles. The molecule has 92 heavy (non-hydrogen) atoms. The van der Waals surface area contributed by atoms with Gasteiger partial charge in [-0.1, -0.05) is 330 Å². The Hall–Kier alpha value is -3.42. The molecule has 1 fully saturated rings. The summed E-state index contributed by atoms with van der Waals surface area (Å²) in [6.45, 7) is 5.69. The van der Waals surface area contributed by atoms with Crippen LogP contribution in [0.25, 0.3) is 0 Å². The Labute approximate surface area is 565 Å². The topological polar surface area (TPSA) is 175 Å². The summed E-state index contributed by atoms with van der Waals surface area (Å²) in [7, 11) is 0. The Balaban J connectivity index is 2.52. The van der Waals surface area contributed by atoms with Crippen LogP contribution in [-0.2, 0) is 23.8 Å². The lowest BCUT2D eigenvalue weighted by atomic mass is 9.99. The molecule has 0 radical (unpaired) electrons. The molecule has 1 saturated heterocycles. The summed E-state index contributed by atoms with van der Waals surface area (Å²) in [4.78, 5) is 26.8. The SMILES string of the molecule is CC/C=C\C/C=C\C/C=C\C/C=C\C/C=C\CCCCCCCCCCCC(=O)OC1C(OCC(NC(=O)C(O)CCCCCCCCCCCCCCCCCC/C=C\C/C=C\CCCCC)C(O)/C=C/CCCCCCCCCCCC)OC(CO)C(O)C1O. The number of amides is 1. The van der Waals surface area contributed by atoms with Crippen molar-refractivity contribution in [2.24, 2.45) is 0 Å². The highest BCUT2D eigenvalue weighted by molar-refractivity contribution is 5.80. The van der Waals surface area contributed by atoms with Gasteiger partial charge in [0.2, 0.25) is 5.91 Å². The van der Waals surface area contributed by atoms with Crippen LogP contribution in [0.15, 0.2) is 97.2 Å². The number of hydrogen-bond acceptors (Lipinski definition) is 10. The van der Waals surface area contributed by atoms with Gasteiger partial charge >= 0.3 is 5.97 Å². The van der Waals surface area contributed by atoms with E-state index in [2.05, 4.69) is 111 Å². The lowest BCUT2D eigenvalue weighted by molar-refractivity contribution is -0.305. The van der Waals surface area contributed by atoms with E-state index in [1.165, 1.54) is 186 Å². The summed E-state index contributed by atoms with van der Waals surface area (Å²) in [6.07, 6.45) is 81.7. The summed E-state index contributed by atoms with van der Waals surface area (Å²) in [5.41, 5.74) is 0. The molecule has 0 aromatic carbocycles. The van der Waals surface area contributed by atoms with Gasteiger partial charge in [-0.25, -0.2) is 0 Å². The molecule has 0 aliphatic carbocycles. The third-order valence-electron chi connectivity index (χ3n) is 17.7. The summed E-state index contributed by atoms with van der Waals surface area (Å²) < 4.78 is 17.7. The number of hydrogen-bond donors (Lipinski definition) is 6. The second-order valence-electron chi connectivity index (χ2n) is 26.4. The van der Waals surface area contributed by atoms with Crippen molar-refractivity contribution in [1.82, 2.24) is 5.32 Å². The van der Waals surface area contributed by atoms with Crippen molar-refractivity contribution >= 4 is 11.9 Å². The minimum Gasteiger partial charge on any atom is -0.454 e. The number of rotatable bonds is 66. The maximum Gasteiger partial charge on any atom is 0.306 e. The lowest BCUT2D eigenvalue weighted by Gasteiger charge is -2.41. The highest BCUT2D eigenvalue weighted by Gasteiger charge is 2.47. The Morgan fingerprint density at radius 3 is 1.20 bits per heavy atom. The van der Waals surface area contributed by atoms with Crippen LogP contribution in [0, 0.1) is 0 Å². The molecule has 8 atom stereocenters. The molecular formula is C81H143NO10. The first kappa shape index (κ1) is 86.6. The molecule has 1 amide bonds. The van der Waals surface area contributed by atoms with Gasteiger partial charge in [-0.3, -0.25) is 9.59 Å². The van der Waals surface area contributed by atoms with E-state index in [1.807, 2.05) is 6.08 Å². The Morgan fingerprint density at radius 1 is 0.435 bits per heavy atom. The molecule has 11 nitrogen and oxygen atoms in total.